The van der Waals surface area contributed by atoms with Gasteiger partial charge in [-0.2, -0.15) is 0 Å². The molecule has 0 aliphatic carbocycles. The van der Waals surface area contributed by atoms with Crippen LogP contribution in [0.5, 0.6) is 0 Å². The Kier molecular flexibility index (Phi) is 64.8. The molecule has 0 amide bonds. The van der Waals surface area contributed by atoms with Crippen molar-refractivity contribution >= 4 is 11.9 Å². The van der Waals surface area contributed by atoms with Crippen molar-refractivity contribution in [2.45, 2.75) is 367 Å². The first kappa shape index (κ1) is 73.6. The standard InChI is InChI=1S/C71H130O5/c1-3-5-7-9-11-13-15-17-19-21-23-25-26-27-28-29-30-31-32-33-34-35-36-37-38-39-40-41-42-43-44-46-47-49-51-53-55-57-59-61-63-65-70(73)75-68-69(67-72)76-71(74)66-64-62-60-58-56-54-52-50-48-45-24-22-20-18-16-14-12-10-8-6-4-2/h6,8,12,14,18,20,24,45,50,52,69,72H,3-5,7,9-11,13,15-17,19,21-23,25-44,46-49,51,53-68H2,1-2H3/b8-6-,14-12-,20-18-,45-24-,52-50-. The number of aliphatic hydroxyl groups excluding tert-OH is 1. The van der Waals surface area contributed by atoms with Gasteiger partial charge in [-0.05, 0) is 57.8 Å². The molecule has 0 rings (SSSR count). The van der Waals surface area contributed by atoms with Gasteiger partial charge in [-0.1, -0.05) is 351 Å². The van der Waals surface area contributed by atoms with E-state index in [1.807, 2.05) is 0 Å². The normalized spacial score (nSPS) is 12.5. The summed E-state index contributed by atoms with van der Waals surface area (Å²) >= 11 is 0. The summed E-state index contributed by atoms with van der Waals surface area (Å²) in [6, 6.07) is 0. The minimum absolute atomic E-state index is 0.0728. The third-order valence-electron chi connectivity index (χ3n) is 15.3. The Morgan fingerprint density at radius 1 is 0.316 bits per heavy atom. The van der Waals surface area contributed by atoms with Crippen LogP contribution in [-0.4, -0.2) is 36.4 Å². The lowest BCUT2D eigenvalue weighted by molar-refractivity contribution is -0.161. The molecule has 0 aromatic carbocycles. The maximum absolute atomic E-state index is 12.3. The van der Waals surface area contributed by atoms with Crippen molar-refractivity contribution in [3.63, 3.8) is 0 Å². The van der Waals surface area contributed by atoms with E-state index in [-0.39, 0.29) is 25.2 Å². The third-order valence-corrected chi connectivity index (χ3v) is 15.3. The van der Waals surface area contributed by atoms with Gasteiger partial charge >= 0.3 is 11.9 Å². The molecule has 1 N–H and O–H groups in total. The van der Waals surface area contributed by atoms with Gasteiger partial charge in [0.25, 0.3) is 0 Å². The zero-order valence-corrected chi connectivity index (χ0v) is 51.0. The average Bonchev–Trinajstić information content (AvgIpc) is 3.42. The van der Waals surface area contributed by atoms with E-state index >= 15 is 0 Å². The van der Waals surface area contributed by atoms with Crippen LogP contribution >= 0.6 is 0 Å². The summed E-state index contributed by atoms with van der Waals surface area (Å²) in [4.78, 5) is 24.6. The number of hydrogen-bond donors (Lipinski definition) is 1. The molecule has 0 spiro atoms. The molecule has 0 aromatic rings. The van der Waals surface area contributed by atoms with Crippen LogP contribution in [0.4, 0.5) is 0 Å². The lowest BCUT2D eigenvalue weighted by Gasteiger charge is -2.15. The minimum Gasteiger partial charge on any atom is -0.462 e. The number of carbonyl (C=O) groups excluding carboxylic acids is 2. The number of carbonyl (C=O) groups is 2. The zero-order chi connectivity index (χ0) is 54.8. The Bertz CT molecular complexity index is 1300. The van der Waals surface area contributed by atoms with Gasteiger partial charge in [0.1, 0.15) is 6.61 Å². The molecule has 1 unspecified atom stereocenters. The Morgan fingerprint density at radius 2 is 0.566 bits per heavy atom. The van der Waals surface area contributed by atoms with E-state index in [2.05, 4.69) is 74.6 Å². The third kappa shape index (κ3) is 64.1. The fourth-order valence-corrected chi connectivity index (χ4v) is 10.3. The molecule has 0 aliphatic rings. The van der Waals surface area contributed by atoms with Crippen LogP contribution in [0.15, 0.2) is 60.8 Å². The van der Waals surface area contributed by atoms with E-state index in [9.17, 15) is 14.7 Å². The summed E-state index contributed by atoms with van der Waals surface area (Å²) in [5.41, 5.74) is 0. The topological polar surface area (TPSA) is 72.8 Å². The number of rotatable bonds is 63. The van der Waals surface area contributed by atoms with Crippen LogP contribution in [0.2, 0.25) is 0 Å². The monoisotopic (exact) mass is 1060 g/mol. The number of unbranched alkanes of at least 4 members (excludes halogenated alkanes) is 45. The molecule has 0 radical (unpaired) electrons. The Morgan fingerprint density at radius 3 is 0.855 bits per heavy atom. The van der Waals surface area contributed by atoms with Crippen LogP contribution in [0, 0.1) is 0 Å². The van der Waals surface area contributed by atoms with Crippen LogP contribution < -0.4 is 0 Å². The van der Waals surface area contributed by atoms with Crippen LogP contribution in [0.25, 0.3) is 0 Å². The van der Waals surface area contributed by atoms with E-state index in [1.165, 1.54) is 244 Å². The summed E-state index contributed by atoms with van der Waals surface area (Å²) in [5, 5.41) is 9.67. The maximum atomic E-state index is 12.3. The second-order valence-electron chi connectivity index (χ2n) is 22.9. The fourth-order valence-electron chi connectivity index (χ4n) is 10.3. The molecule has 76 heavy (non-hydrogen) atoms. The zero-order valence-electron chi connectivity index (χ0n) is 51.0. The minimum atomic E-state index is -0.785. The first-order valence-electron chi connectivity index (χ1n) is 33.8. The molecular formula is C71H130O5. The van der Waals surface area contributed by atoms with Crippen molar-refractivity contribution in [3.8, 4) is 0 Å². The van der Waals surface area contributed by atoms with Gasteiger partial charge < -0.3 is 14.6 Å². The van der Waals surface area contributed by atoms with Gasteiger partial charge in [-0.3, -0.25) is 9.59 Å². The van der Waals surface area contributed by atoms with E-state index in [0.717, 1.165) is 89.9 Å². The molecule has 444 valence electrons. The van der Waals surface area contributed by atoms with Crippen LogP contribution in [0.1, 0.15) is 361 Å². The lowest BCUT2D eigenvalue weighted by Crippen LogP contribution is -2.28. The number of esters is 2. The molecule has 5 nitrogen and oxygen atoms in total. The second-order valence-corrected chi connectivity index (χ2v) is 22.9. The Hall–Kier alpha value is -2.40. The van der Waals surface area contributed by atoms with Crippen molar-refractivity contribution in [1.29, 1.82) is 0 Å². The van der Waals surface area contributed by atoms with Gasteiger partial charge in [0.2, 0.25) is 0 Å². The number of allylic oxidation sites excluding steroid dienone is 10. The van der Waals surface area contributed by atoms with Gasteiger partial charge in [0.05, 0.1) is 6.61 Å². The Balaban J connectivity index is 3.38. The van der Waals surface area contributed by atoms with Gasteiger partial charge in [-0.15, -0.1) is 0 Å². The van der Waals surface area contributed by atoms with Gasteiger partial charge in [0, 0.05) is 12.8 Å². The molecule has 0 aliphatic heterocycles. The highest BCUT2D eigenvalue weighted by Crippen LogP contribution is 2.19. The Labute approximate surface area is 474 Å². The summed E-state index contributed by atoms with van der Waals surface area (Å²) < 4.78 is 10.7. The fraction of sp³-hybridized carbons (Fsp3) is 0.831. The maximum Gasteiger partial charge on any atom is 0.306 e. The largest absolute Gasteiger partial charge is 0.462 e. The van der Waals surface area contributed by atoms with Crippen molar-refractivity contribution in [1.82, 2.24) is 0 Å². The molecule has 0 saturated heterocycles. The highest BCUT2D eigenvalue weighted by atomic mass is 16.6. The molecule has 1 atom stereocenters. The second kappa shape index (κ2) is 66.9. The molecule has 0 saturated carbocycles. The molecule has 0 bridgehead atoms. The van der Waals surface area contributed by atoms with Gasteiger partial charge in [0.15, 0.2) is 6.10 Å². The van der Waals surface area contributed by atoms with E-state index < -0.39 is 6.10 Å². The number of aliphatic hydroxyl groups is 1. The van der Waals surface area contributed by atoms with Crippen LogP contribution in [0.3, 0.4) is 0 Å². The molecule has 5 heteroatoms. The van der Waals surface area contributed by atoms with Crippen LogP contribution in [-0.2, 0) is 19.1 Å². The predicted octanol–water partition coefficient (Wildman–Crippen LogP) is 23.3. The quantitative estimate of drug-likeness (QED) is 0.0373. The molecule has 0 aromatic heterocycles. The van der Waals surface area contributed by atoms with Crippen molar-refractivity contribution in [3.05, 3.63) is 60.8 Å². The molecule has 0 fully saturated rings. The van der Waals surface area contributed by atoms with Crippen molar-refractivity contribution in [2.75, 3.05) is 13.2 Å². The first-order chi connectivity index (χ1) is 37.6. The van der Waals surface area contributed by atoms with E-state index in [0.29, 0.717) is 12.8 Å². The summed E-state index contributed by atoms with van der Waals surface area (Å²) in [5.74, 6) is -0.600. The highest BCUT2D eigenvalue weighted by molar-refractivity contribution is 5.70. The number of hydrogen-bond acceptors (Lipinski definition) is 5. The number of ether oxygens (including phenoxy) is 2. The lowest BCUT2D eigenvalue weighted by atomic mass is 10.0. The van der Waals surface area contributed by atoms with Gasteiger partial charge in [-0.25, -0.2) is 0 Å². The van der Waals surface area contributed by atoms with E-state index in [1.54, 1.807) is 0 Å². The highest BCUT2D eigenvalue weighted by Gasteiger charge is 2.16. The smallest absolute Gasteiger partial charge is 0.306 e. The molecular weight excluding hydrogens is 933 g/mol. The summed E-state index contributed by atoms with van der Waals surface area (Å²) in [6.45, 7) is 4.05. The van der Waals surface area contributed by atoms with Crippen molar-refractivity contribution in [2.24, 2.45) is 0 Å². The van der Waals surface area contributed by atoms with Crippen molar-refractivity contribution < 1.29 is 24.2 Å². The summed E-state index contributed by atoms with van der Waals surface area (Å²) in [7, 11) is 0. The average molecular weight is 1060 g/mol. The molecule has 0 heterocycles. The first-order valence-corrected chi connectivity index (χ1v) is 33.8. The SMILES string of the molecule is CC/C=C\C/C=C\C/C=C\C/C=C\C/C=C\CCCCCCCC(=O)OC(CO)COC(=O)CCCCCCCCCCCCCCCCCCCCCCCCCCCCCCCCCCCCCCCCCCC. The predicted molar refractivity (Wildman–Crippen MR) is 334 cm³/mol. The summed E-state index contributed by atoms with van der Waals surface area (Å²) in [6.07, 6.45) is 91.3. The van der Waals surface area contributed by atoms with E-state index in [4.69, 9.17) is 9.47 Å².